The maximum Gasteiger partial charge on any atom is 0.235 e. The summed E-state index contributed by atoms with van der Waals surface area (Å²) < 4.78 is 5.55. The van der Waals surface area contributed by atoms with Gasteiger partial charge in [0.05, 0.1) is 24.4 Å². The highest BCUT2D eigenvalue weighted by molar-refractivity contribution is 6.15. The molecule has 2 fully saturated rings. The van der Waals surface area contributed by atoms with Crippen LogP contribution < -0.4 is 10.2 Å². The van der Waals surface area contributed by atoms with Crippen LogP contribution in [0.3, 0.4) is 0 Å². The first-order valence-corrected chi connectivity index (χ1v) is 8.53. The molecule has 7 heteroatoms. The number of imide groups is 1. The fraction of sp³-hybridized carbons (Fsp3) is 0.263. The second-order valence-electron chi connectivity index (χ2n) is 6.78. The van der Waals surface area contributed by atoms with E-state index in [4.69, 9.17) is 4.52 Å². The average Bonchev–Trinajstić information content (AvgIpc) is 3.02. The zero-order valence-corrected chi connectivity index (χ0v) is 13.8. The number of rotatable bonds is 2. The Morgan fingerprint density at radius 3 is 2.62 bits per heavy atom. The van der Waals surface area contributed by atoms with Crippen molar-refractivity contribution in [2.45, 2.75) is 18.8 Å². The van der Waals surface area contributed by atoms with Crippen LogP contribution in [-0.4, -0.2) is 35.8 Å². The van der Waals surface area contributed by atoms with Crippen LogP contribution in [0, 0.1) is 0 Å². The number of fused-ring (bicyclic) bond motifs is 3. The fourth-order valence-corrected chi connectivity index (χ4v) is 3.82. The molecule has 2 aliphatic rings. The molecule has 1 unspecified atom stereocenters. The molecule has 2 saturated heterocycles. The van der Waals surface area contributed by atoms with E-state index in [1.54, 1.807) is 0 Å². The minimum absolute atomic E-state index is 0.205. The quantitative estimate of drug-likeness (QED) is 0.710. The normalized spacial score (nSPS) is 20.5. The summed E-state index contributed by atoms with van der Waals surface area (Å²) in [5, 5.41) is 9.27. The number of amides is 2. The van der Waals surface area contributed by atoms with Gasteiger partial charge in [-0.15, -0.1) is 0 Å². The van der Waals surface area contributed by atoms with Crippen LogP contribution in [0.4, 0.5) is 5.69 Å². The molecule has 2 amide bonds. The van der Waals surface area contributed by atoms with Gasteiger partial charge in [-0.3, -0.25) is 19.7 Å². The molecule has 26 heavy (non-hydrogen) atoms. The van der Waals surface area contributed by atoms with Gasteiger partial charge < -0.3 is 9.42 Å². The fourth-order valence-electron chi connectivity index (χ4n) is 3.82. The van der Waals surface area contributed by atoms with Crippen molar-refractivity contribution in [3.63, 3.8) is 0 Å². The first kappa shape index (κ1) is 15.1. The Kier molecular flexibility index (Phi) is 3.12. The van der Waals surface area contributed by atoms with Gasteiger partial charge in [0, 0.05) is 23.6 Å². The standard InChI is InChI=1S/C19H15N3O4/c23-10-8-22(9-10)14-7-15-17(12-4-2-1-3-11(12)14)18(21-26-15)13-5-6-16(24)20-19(13)25/h1-4,7,13H,5-6,8-9H2,(H,20,24,25). The van der Waals surface area contributed by atoms with Gasteiger partial charge in [0.1, 0.15) is 5.69 Å². The zero-order chi connectivity index (χ0) is 17.8. The molecule has 0 radical (unpaired) electrons. The summed E-state index contributed by atoms with van der Waals surface area (Å²) in [5.74, 6) is -0.892. The Bertz CT molecular complexity index is 1090. The van der Waals surface area contributed by atoms with Crippen LogP contribution in [0.2, 0.25) is 0 Å². The van der Waals surface area contributed by atoms with Gasteiger partial charge in [-0.25, -0.2) is 0 Å². The Balaban J connectivity index is 1.71. The van der Waals surface area contributed by atoms with E-state index in [2.05, 4.69) is 10.5 Å². The number of nitrogens with zero attached hydrogens (tertiary/aromatic N) is 2. The smallest absolute Gasteiger partial charge is 0.235 e. The third-order valence-electron chi connectivity index (χ3n) is 5.13. The summed E-state index contributed by atoms with van der Waals surface area (Å²) >= 11 is 0. The van der Waals surface area contributed by atoms with Crippen molar-refractivity contribution in [1.29, 1.82) is 0 Å². The van der Waals surface area contributed by atoms with E-state index in [9.17, 15) is 14.4 Å². The lowest BCUT2D eigenvalue weighted by Crippen LogP contribution is -2.47. The molecule has 0 saturated carbocycles. The van der Waals surface area contributed by atoms with Crippen molar-refractivity contribution in [1.82, 2.24) is 10.5 Å². The largest absolute Gasteiger partial charge is 0.356 e. The maximum absolute atomic E-state index is 12.3. The number of carbonyl (C=O) groups excluding carboxylic acids is 3. The van der Waals surface area contributed by atoms with Gasteiger partial charge >= 0.3 is 0 Å². The molecular formula is C19H15N3O4. The lowest BCUT2D eigenvalue weighted by Gasteiger charge is -2.32. The van der Waals surface area contributed by atoms with Gasteiger partial charge in [-0.1, -0.05) is 29.4 Å². The van der Waals surface area contributed by atoms with E-state index < -0.39 is 5.92 Å². The van der Waals surface area contributed by atoms with Crippen LogP contribution in [0.15, 0.2) is 34.9 Å². The van der Waals surface area contributed by atoms with Gasteiger partial charge in [0.15, 0.2) is 11.4 Å². The van der Waals surface area contributed by atoms with Crippen LogP contribution >= 0.6 is 0 Å². The number of benzene rings is 2. The third-order valence-corrected chi connectivity index (χ3v) is 5.13. The first-order chi connectivity index (χ1) is 12.6. The van der Waals surface area contributed by atoms with E-state index in [0.29, 0.717) is 30.8 Å². The van der Waals surface area contributed by atoms with Gasteiger partial charge in [0.2, 0.25) is 11.8 Å². The molecule has 3 heterocycles. The van der Waals surface area contributed by atoms with Crippen molar-refractivity contribution in [2.75, 3.05) is 18.0 Å². The Hall–Kier alpha value is -3.22. The van der Waals surface area contributed by atoms with E-state index in [0.717, 1.165) is 21.8 Å². The molecule has 7 nitrogen and oxygen atoms in total. The minimum Gasteiger partial charge on any atom is -0.356 e. The van der Waals surface area contributed by atoms with Crippen molar-refractivity contribution < 1.29 is 18.9 Å². The second-order valence-corrected chi connectivity index (χ2v) is 6.78. The number of hydrogen-bond acceptors (Lipinski definition) is 6. The van der Waals surface area contributed by atoms with Crippen molar-refractivity contribution in [3.05, 3.63) is 36.0 Å². The van der Waals surface area contributed by atoms with Crippen molar-refractivity contribution >= 4 is 45.0 Å². The lowest BCUT2D eigenvalue weighted by atomic mass is 9.90. The molecule has 2 aliphatic heterocycles. The molecule has 1 atom stereocenters. The highest BCUT2D eigenvalue weighted by Gasteiger charge is 2.33. The van der Waals surface area contributed by atoms with E-state index >= 15 is 0 Å². The predicted molar refractivity (Wildman–Crippen MR) is 93.9 cm³/mol. The summed E-state index contributed by atoms with van der Waals surface area (Å²) in [6.45, 7) is 0.785. The highest BCUT2D eigenvalue weighted by Crippen LogP contribution is 2.40. The highest BCUT2D eigenvalue weighted by atomic mass is 16.5. The number of ketones is 1. The molecule has 0 aliphatic carbocycles. The average molecular weight is 349 g/mol. The zero-order valence-electron chi connectivity index (χ0n) is 13.8. The van der Waals surface area contributed by atoms with Crippen LogP contribution in [0.1, 0.15) is 24.5 Å². The summed E-state index contributed by atoms with van der Waals surface area (Å²) in [5.41, 5.74) is 2.07. The molecule has 2 aromatic carbocycles. The van der Waals surface area contributed by atoms with Crippen molar-refractivity contribution in [2.24, 2.45) is 0 Å². The summed E-state index contributed by atoms with van der Waals surface area (Å²) in [4.78, 5) is 37.1. The number of hydrogen-bond donors (Lipinski definition) is 1. The molecule has 5 rings (SSSR count). The Morgan fingerprint density at radius 1 is 1.12 bits per heavy atom. The van der Waals surface area contributed by atoms with Gasteiger partial charge in [-0.2, -0.15) is 0 Å². The van der Waals surface area contributed by atoms with E-state index in [1.165, 1.54) is 0 Å². The number of carbonyl (C=O) groups is 3. The third kappa shape index (κ3) is 2.13. The topological polar surface area (TPSA) is 92.5 Å². The second kappa shape index (κ2) is 5.39. The van der Waals surface area contributed by atoms with Crippen LogP contribution in [-0.2, 0) is 14.4 Å². The summed E-state index contributed by atoms with van der Waals surface area (Å²) in [6.07, 6.45) is 0.708. The van der Waals surface area contributed by atoms with Gasteiger partial charge in [0.25, 0.3) is 0 Å². The first-order valence-electron chi connectivity index (χ1n) is 8.53. The molecule has 1 aromatic heterocycles. The SMILES string of the molecule is O=C1CN(c2cc3onc(C4CCC(=O)NC4=O)c3c3ccccc23)C1. The Labute approximate surface area is 147 Å². The van der Waals surface area contributed by atoms with E-state index in [-0.39, 0.29) is 24.0 Å². The summed E-state index contributed by atoms with van der Waals surface area (Å²) in [6, 6.07) is 9.71. The monoisotopic (exact) mass is 349 g/mol. The predicted octanol–water partition coefficient (Wildman–Crippen LogP) is 1.89. The summed E-state index contributed by atoms with van der Waals surface area (Å²) in [7, 11) is 0. The minimum atomic E-state index is -0.506. The molecule has 1 N–H and O–H groups in total. The lowest BCUT2D eigenvalue weighted by molar-refractivity contribution is -0.134. The van der Waals surface area contributed by atoms with Gasteiger partial charge in [-0.05, 0) is 11.8 Å². The van der Waals surface area contributed by atoms with Crippen LogP contribution in [0.5, 0.6) is 0 Å². The maximum atomic E-state index is 12.3. The molecule has 130 valence electrons. The molecule has 3 aromatic rings. The molecule has 0 bridgehead atoms. The number of aromatic nitrogens is 1. The Morgan fingerprint density at radius 2 is 1.88 bits per heavy atom. The molecular weight excluding hydrogens is 334 g/mol. The number of anilines is 1. The van der Waals surface area contributed by atoms with Crippen LogP contribution in [0.25, 0.3) is 21.7 Å². The number of piperidine rings is 1. The molecule has 0 spiro atoms. The number of Topliss-reactive ketones (excluding diaryl/α,β-unsaturated/α-hetero) is 1. The van der Waals surface area contributed by atoms with E-state index in [1.807, 2.05) is 35.2 Å². The number of nitrogens with one attached hydrogen (secondary N) is 1. The van der Waals surface area contributed by atoms with Crippen molar-refractivity contribution in [3.8, 4) is 0 Å².